The fourth-order valence-corrected chi connectivity index (χ4v) is 9.11. The number of nitrogens with one attached hydrogen (secondary N) is 1. The summed E-state index contributed by atoms with van der Waals surface area (Å²) in [5.74, 6) is -9.50. The Bertz CT molecular complexity index is 2340. The van der Waals surface area contributed by atoms with Crippen molar-refractivity contribution in [1.29, 1.82) is 0 Å². The van der Waals surface area contributed by atoms with Gasteiger partial charge in [0, 0.05) is 86.4 Å². The molecule has 7 aliphatic rings. The highest BCUT2D eigenvalue weighted by Crippen LogP contribution is 2.56. The molecule has 0 radical (unpaired) electrons. The lowest BCUT2D eigenvalue weighted by molar-refractivity contribution is -0.146. The number of amides is 1. The second-order valence-corrected chi connectivity index (χ2v) is 17.3. The minimum absolute atomic E-state index is 0.000649. The predicted octanol–water partition coefficient (Wildman–Crippen LogP) is 4.52. The van der Waals surface area contributed by atoms with Crippen molar-refractivity contribution in [2.45, 2.75) is 97.6 Å². The number of nitrogens with zero attached hydrogens (tertiary/aromatic N) is 2. The summed E-state index contributed by atoms with van der Waals surface area (Å²) in [6.07, 6.45) is 3.53. The number of Topliss-reactive ketones (excluding diaryl/α,β-unsaturated/α-hetero) is 1. The number of aromatic nitrogens is 1. The van der Waals surface area contributed by atoms with E-state index in [1.807, 2.05) is 11.8 Å². The molecule has 1 saturated heterocycles. The van der Waals surface area contributed by atoms with Crippen molar-refractivity contribution in [1.82, 2.24) is 10.3 Å². The lowest BCUT2D eigenvalue weighted by atomic mass is 9.69. The second kappa shape index (κ2) is 17.1. The summed E-state index contributed by atoms with van der Waals surface area (Å²) in [6.45, 7) is 14.9. The average Bonchev–Trinajstić information content (AvgIpc) is 3.50. The molecule has 1 amide bonds. The van der Waals surface area contributed by atoms with Crippen molar-refractivity contribution < 1.29 is 58.5 Å². The number of carbonyl (C=O) groups is 2. The zero-order valence-corrected chi connectivity index (χ0v) is 36.4. The predicted molar refractivity (Wildman–Crippen MR) is 226 cm³/mol. The van der Waals surface area contributed by atoms with E-state index >= 15 is 0 Å². The van der Waals surface area contributed by atoms with Crippen LogP contribution in [0.4, 0.5) is 5.69 Å². The molecule has 62 heavy (non-hydrogen) atoms. The van der Waals surface area contributed by atoms with Crippen molar-refractivity contribution in [2.75, 3.05) is 31.7 Å². The maximum atomic E-state index is 14.4. The van der Waals surface area contributed by atoms with Crippen LogP contribution in [-0.2, 0) is 28.5 Å². The van der Waals surface area contributed by atoms with Gasteiger partial charge < -0.3 is 59.1 Å². The Morgan fingerprint density at radius 3 is 2.31 bits per heavy atom. The Morgan fingerprint density at radius 1 is 0.952 bits per heavy atom. The monoisotopic (exact) mass is 859 g/mol. The molecule has 7 rings (SSSR count). The number of aliphatic hydroxyl groups is 5. The number of anilines is 1. The Kier molecular flexibility index (Phi) is 12.4. The zero-order chi connectivity index (χ0) is 45.1. The van der Waals surface area contributed by atoms with Gasteiger partial charge in [-0.25, -0.2) is 4.98 Å². The molecule has 0 spiro atoms. The highest BCUT2D eigenvalue weighted by molar-refractivity contribution is 6.05. The molecule has 0 saturated carbocycles. The zero-order valence-electron chi connectivity index (χ0n) is 36.4. The van der Waals surface area contributed by atoms with Crippen LogP contribution in [0, 0.1) is 29.6 Å². The molecular weight excluding hydrogens is 803 g/mol. The van der Waals surface area contributed by atoms with Crippen molar-refractivity contribution in [3.05, 3.63) is 98.4 Å². The highest BCUT2D eigenvalue weighted by atomic mass is 16.7. The molecule has 6 N–H and O–H groups in total. The fraction of sp³-hybridized carbons (Fsp3) is 0.522. The quantitative estimate of drug-likeness (QED) is 0.248. The summed E-state index contributed by atoms with van der Waals surface area (Å²) in [7, 11) is 1.45. The Morgan fingerprint density at radius 2 is 1.63 bits per heavy atom. The Balaban J connectivity index is 1.39. The van der Waals surface area contributed by atoms with Crippen LogP contribution in [0.15, 0.2) is 85.9 Å². The molecular formula is C46H57N3O13. The number of benzene rings is 1. The van der Waals surface area contributed by atoms with Crippen LogP contribution in [0.5, 0.6) is 0 Å². The van der Waals surface area contributed by atoms with Crippen LogP contribution in [-0.4, -0.2) is 105 Å². The van der Waals surface area contributed by atoms with Crippen molar-refractivity contribution >= 4 is 23.1 Å². The van der Waals surface area contributed by atoms with E-state index in [-0.39, 0.29) is 57.2 Å². The average molecular weight is 860 g/mol. The Labute approximate surface area is 359 Å². The number of rotatable bonds is 4. The van der Waals surface area contributed by atoms with E-state index in [0.29, 0.717) is 25.4 Å². The number of carbonyl (C=O) groups excluding carboxylic acids is 2. The van der Waals surface area contributed by atoms with Gasteiger partial charge in [0.1, 0.15) is 17.2 Å². The number of hydrogen-bond acceptors (Lipinski definition) is 15. The number of methoxy groups -OCH3 is 1. The molecule has 4 heterocycles. The SMILES string of the molecule is CCOC1CN(c2cc3oc4c(nc-3c(=O)c2)C2C3=C(O)[C@@]5(C)O/C=C/[C@H](OC)[C@@H](C)[C@@H](O)[C@H](C)[C@H](O)[C@H](C)[C@@H](O)[C@@H](C)/C=C/C=C(/C)C(=O)NC4=C(O)C2C(=O)C(C)=C3O5)C1. The minimum Gasteiger partial charge on any atom is -0.509 e. The lowest BCUT2D eigenvalue weighted by Gasteiger charge is -2.40. The van der Waals surface area contributed by atoms with E-state index in [1.165, 1.54) is 52.4 Å². The third-order valence-electron chi connectivity index (χ3n) is 13.2. The van der Waals surface area contributed by atoms with E-state index in [2.05, 4.69) is 5.32 Å². The van der Waals surface area contributed by atoms with Crippen molar-refractivity contribution in [3.63, 3.8) is 0 Å². The topological polar surface area (TPSA) is 231 Å². The molecule has 2 unspecified atom stereocenters. The molecule has 0 aromatic rings. The highest BCUT2D eigenvalue weighted by Gasteiger charge is 2.57. The van der Waals surface area contributed by atoms with Gasteiger partial charge in [-0.2, -0.15) is 0 Å². The standard InChI is InChI=1S/C46H57N3O13/c1-10-59-27-18-49(19-27)26-16-28(50)34-30(17-26)61-43-35(47-34)31-32-40(54)25(7)42-33(31)44(56)46(8,62-42)60-15-14-29(58-9)22(4)38(52)24(6)39(53)23(5)37(51)20(2)12-11-13-21(3)45(57)48-36(43)41(32)55/h11-17,20,22-24,27,29,31-32,37-39,51-53,55-56H,10,18-19H2,1-9H3,(H,48,57)/b12-11+,15-14+,21-13-/t20-,22+,23+,24-,29-,31?,32?,37-,38+,39+,46-/m0/s1. The maximum absolute atomic E-state index is 14.4. The summed E-state index contributed by atoms with van der Waals surface area (Å²) < 4.78 is 30.2. The number of hydrogen-bond donors (Lipinski definition) is 6. The first-order valence-corrected chi connectivity index (χ1v) is 21.1. The molecule has 4 bridgehead atoms. The molecule has 3 aliphatic carbocycles. The summed E-state index contributed by atoms with van der Waals surface area (Å²) in [5, 5.41) is 61.0. The van der Waals surface area contributed by atoms with Gasteiger partial charge in [0.25, 0.3) is 5.91 Å². The van der Waals surface area contributed by atoms with E-state index < -0.39 is 94.3 Å². The number of ether oxygens (including phenoxy) is 4. The van der Waals surface area contributed by atoms with Crippen LogP contribution in [0.3, 0.4) is 0 Å². The molecule has 0 aromatic carbocycles. The van der Waals surface area contributed by atoms with Gasteiger partial charge in [0.15, 0.2) is 28.8 Å². The summed E-state index contributed by atoms with van der Waals surface area (Å²) in [5.41, 5.74) is 0.0153. The van der Waals surface area contributed by atoms with E-state index in [4.69, 9.17) is 28.3 Å². The van der Waals surface area contributed by atoms with Gasteiger partial charge >= 0.3 is 5.79 Å². The second-order valence-electron chi connectivity index (χ2n) is 17.3. The molecule has 0 aromatic heterocycles. The van der Waals surface area contributed by atoms with Crippen LogP contribution < -0.4 is 15.6 Å². The van der Waals surface area contributed by atoms with E-state index in [9.17, 15) is 39.9 Å². The van der Waals surface area contributed by atoms with Gasteiger partial charge in [0.2, 0.25) is 5.43 Å². The Hall–Kier alpha value is -5.26. The summed E-state index contributed by atoms with van der Waals surface area (Å²) in [6, 6.07) is 3.08. The maximum Gasteiger partial charge on any atom is 0.306 e. The van der Waals surface area contributed by atoms with E-state index in [0.717, 1.165) is 0 Å². The van der Waals surface area contributed by atoms with Gasteiger partial charge in [-0.05, 0) is 26.8 Å². The first-order valence-electron chi connectivity index (χ1n) is 21.1. The van der Waals surface area contributed by atoms with Crippen LogP contribution in [0.1, 0.15) is 72.8 Å². The molecule has 1 fully saturated rings. The third kappa shape index (κ3) is 7.65. The fourth-order valence-electron chi connectivity index (χ4n) is 9.11. The molecule has 4 aliphatic heterocycles. The smallest absolute Gasteiger partial charge is 0.306 e. The van der Waals surface area contributed by atoms with Gasteiger partial charge in [-0.1, -0.05) is 45.9 Å². The number of ketones is 1. The molecule has 334 valence electrons. The lowest BCUT2D eigenvalue weighted by Crippen LogP contribution is -2.52. The molecule has 11 atom stereocenters. The minimum atomic E-state index is -1.93. The van der Waals surface area contributed by atoms with Gasteiger partial charge in [0.05, 0.1) is 59.9 Å². The van der Waals surface area contributed by atoms with Crippen molar-refractivity contribution in [2.24, 2.45) is 29.6 Å². The molecule has 16 heteroatoms. The summed E-state index contributed by atoms with van der Waals surface area (Å²) in [4.78, 5) is 48.8. The van der Waals surface area contributed by atoms with Crippen molar-refractivity contribution in [3.8, 4) is 11.5 Å². The summed E-state index contributed by atoms with van der Waals surface area (Å²) >= 11 is 0. The normalized spacial score (nSPS) is 35.5. The van der Waals surface area contributed by atoms with Crippen LogP contribution in [0.25, 0.3) is 17.2 Å². The van der Waals surface area contributed by atoms with Crippen LogP contribution >= 0.6 is 0 Å². The first kappa shape index (κ1) is 44.8. The number of allylic oxidation sites excluding steroid dienone is 5. The first-order chi connectivity index (χ1) is 29.3. The number of fused-ring (bicyclic) bond motifs is 2. The largest absolute Gasteiger partial charge is 0.509 e. The van der Waals surface area contributed by atoms with Crippen LogP contribution in [0.2, 0.25) is 0 Å². The van der Waals surface area contributed by atoms with E-state index in [1.54, 1.807) is 45.9 Å². The molecule has 16 nitrogen and oxygen atoms in total. The number of aliphatic hydroxyl groups excluding tert-OH is 5. The van der Waals surface area contributed by atoms with Gasteiger partial charge in [-0.3, -0.25) is 14.4 Å². The van der Waals surface area contributed by atoms with Gasteiger partial charge in [-0.15, -0.1) is 0 Å². The third-order valence-corrected chi connectivity index (χ3v) is 13.2.